The maximum Gasteiger partial charge on any atom is 0.0960 e. The third-order valence-corrected chi connectivity index (χ3v) is 5.25. The van der Waals surface area contributed by atoms with E-state index in [1.165, 1.54) is 24.1 Å². The van der Waals surface area contributed by atoms with Crippen LogP contribution in [-0.4, -0.2) is 0 Å². The van der Waals surface area contributed by atoms with Gasteiger partial charge in [-0.05, 0) is 36.8 Å². The van der Waals surface area contributed by atoms with Crippen molar-refractivity contribution in [2.75, 3.05) is 0 Å². The molecule has 0 aromatic carbocycles. The highest BCUT2D eigenvalue weighted by molar-refractivity contribution is 7.16. The second-order valence-electron chi connectivity index (χ2n) is 4.70. The highest BCUT2D eigenvalue weighted by Gasteiger charge is 2.30. The van der Waals surface area contributed by atoms with Crippen LogP contribution in [0.3, 0.4) is 0 Å². The molecule has 0 amide bonds. The minimum absolute atomic E-state index is 0.193. The average molecular weight is 244 g/mol. The minimum Gasteiger partial charge on any atom is -0.323 e. The predicted molar refractivity (Wildman–Crippen MR) is 67.5 cm³/mol. The van der Waals surface area contributed by atoms with Gasteiger partial charge in [0, 0.05) is 10.9 Å². The molecule has 0 aliphatic heterocycles. The number of thiophene rings is 1. The highest BCUT2D eigenvalue weighted by Crippen LogP contribution is 2.41. The molecule has 0 saturated heterocycles. The Balaban J connectivity index is 2.16. The first-order valence-electron chi connectivity index (χ1n) is 5.61. The van der Waals surface area contributed by atoms with E-state index in [1.807, 2.05) is 6.92 Å². The summed E-state index contributed by atoms with van der Waals surface area (Å²) in [5.74, 6) is 1.42. The molecule has 1 saturated carbocycles. The van der Waals surface area contributed by atoms with Crippen molar-refractivity contribution in [2.24, 2.45) is 17.6 Å². The lowest BCUT2D eigenvalue weighted by atomic mass is 9.90. The van der Waals surface area contributed by atoms with E-state index < -0.39 is 0 Å². The molecule has 0 spiro atoms. The van der Waals surface area contributed by atoms with E-state index in [1.54, 1.807) is 11.3 Å². The molecule has 1 nitrogen and oxygen atoms in total. The van der Waals surface area contributed by atoms with Crippen molar-refractivity contribution < 1.29 is 0 Å². The molecule has 1 heterocycles. The second kappa shape index (κ2) is 4.44. The summed E-state index contributed by atoms with van der Waals surface area (Å²) in [7, 11) is 0. The molecule has 0 bridgehead atoms. The summed E-state index contributed by atoms with van der Waals surface area (Å²) in [6, 6.07) is 2.35. The monoisotopic (exact) mass is 243 g/mol. The maximum atomic E-state index is 6.32. The van der Waals surface area contributed by atoms with Crippen molar-refractivity contribution in [1.82, 2.24) is 0 Å². The quantitative estimate of drug-likeness (QED) is 0.830. The fourth-order valence-corrected chi connectivity index (χ4v) is 3.86. The summed E-state index contributed by atoms with van der Waals surface area (Å²) < 4.78 is 0.895. The normalized spacial score (nSPS) is 28.3. The Kier molecular flexibility index (Phi) is 3.39. The first kappa shape index (κ1) is 11.4. The lowest BCUT2D eigenvalue weighted by molar-refractivity contribution is 0.354. The lowest BCUT2D eigenvalue weighted by Crippen LogP contribution is -2.22. The first-order chi connectivity index (χ1) is 7.09. The Morgan fingerprint density at radius 3 is 2.73 bits per heavy atom. The van der Waals surface area contributed by atoms with Crippen LogP contribution in [0.5, 0.6) is 0 Å². The van der Waals surface area contributed by atoms with E-state index in [-0.39, 0.29) is 6.04 Å². The van der Waals surface area contributed by atoms with Gasteiger partial charge in [-0.1, -0.05) is 31.4 Å². The largest absolute Gasteiger partial charge is 0.323 e. The lowest BCUT2D eigenvalue weighted by Gasteiger charge is -2.22. The molecule has 15 heavy (non-hydrogen) atoms. The van der Waals surface area contributed by atoms with E-state index in [0.717, 1.165) is 15.8 Å². The molecule has 0 radical (unpaired) electrons. The van der Waals surface area contributed by atoms with Crippen LogP contribution in [0.2, 0.25) is 4.34 Å². The number of halogens is 1. The van der Waals surface area contributed by atoms with Crippen molar-refractivity contribution in [3.05, 3.63) is 20.8 Å². The van der Waals surface area contributed by atoms with Crippen LogP contribution in [-0.2, 0) is 0 Å². The number of nitrogens with two attached hydrogens (primary N) is 1. The third kappa shape index (κ3) is 2.22. The Hall–Kier alpha value is -0.0500. The molecule has 1 aliphatic carbocycles. The Morgan fingerprint density at radius 2 is 2.27 bits per heavy atom. The fraction of sp³-hybridized carbons (Fsp3) is 0.667. The van der Waals surface area contributed by atoms with Gasteiger partial charge >= 0.3 is 0 Å². The number of rotatable bonds is 2. The van der Waals surface area contributed by atoms with Crippen LogP contribution in [0.1, 0.15) is 42.7 Å². The van der Waals surface area contributed by atoms with Crippen LogP contribution in [0.4, 0.5) is 0 Å². The zero-order valence-electron chi connectivity index (χ0n) is 9.29. The molecule has 1 aromatic rings. The van der Waals surface area contributed by atoms with Crippen LogP contribution in [0.15, 0.2) is 6.07 Å². The Labute approximate surface area is 101 Å². The molecule has 1 aromatic heterocycles. The molecule has 2 N–H and O–H groups in total. The summed E-state index contributed by atoms with van der Waals surface area (Å²) in [6.45, 7) is 4.37. The van der Waals surface area contributed by atoms with Crippen LogP contribution in [0.25, 0.3) is 0 Å². The fourth-order valence-electron chi connectivity index (χ4n) is 2.57. The van der Waals surface area contributed by atoms with Crippen LogP contribution < -0.4 is 5.73 Å². The van der Waals surface area contributed by atoms with Gasteiger partial charge < -0.3 is 5.73 Å². The van der Waals surface area contributed by atoms with Gasteiger partial charge in [0.1, 0.15) is 0 Å². The van der Waals surface area contributed by atoms with E-state index in [0.29, 0.717) is 5.92 Å². The Morgan fingerprint density at radius 1 is 1.53 bits per heavy atom. The zero-order chi connectivity index (χ0) is 11.0. The average Bonchev–Trinajstić information content (AvgIpc) is 2.74. The van der Waals surface area contributed by atoms with Crippen molar-refractivity contribution in [1.29, 1.82) is 0 Å². The minimum atomic E-state index is 0.193. The number of hydrogen-bond acceptors (Lipinski definition) is 2. The maximum absolute atomic E-state index is 6.32. The van der Waals surface area contributed by atoms with Crippen molar-refractivity contribution in [2.45, 2.75) is 39.2 Å². The third-order valence-electron chi connectivity index (χ3n) is 3.59. The van der Waals surface area contributed by atoms with Gasteiger partial charge in [0.2, 0.25) is 0 Å². The standard InChI is InChI=1S/C12H18ClNS/c1-7-4-3-5-9(7)11(14)10-6-8(2)12(13)15-10/h6-7,9,11H,3-5,14H2,1-2H3. The second-order valence-corrected chi connectivity index (χ2v) is 6.39. The van der Waals surface area contributed by atoms with Crippen molar-refractivity contribution >= 4 is 22.9 Å². The molecular formula is C12H18ClNS. The molecule has 2 rings (SSSR count). The molecule has 3 heteroatoms. The molecule has 1 fully saturated rings. The van der Waals surface area contributed by atoms with Gasteiger partial charge in [0.15, 0.2) is 0 Å². The van der Waals surface area contributed by atoms with Crippen LogP contribution in [0, 0.1) is 18.8 Å². The van der Waals surface area contributed by atoms with E-state index in [4.69, 9.17) is 17.3 Å². The molecule has 84 valence electrons. The van der Waals surface area contributed by atoms with Crippen molar-refractivity contribution in [3.8, 4) is 0 Å². The van der Waals surface area contributed by atoms with Crippen molar-refractivity contribution in [3.63, 3.8) is 0 Å². The summed E-state index contributed by atoms with van der Waals surface area (Å²) >= 11 is 7.73. The predicted octanol–water partition coefficient (Wildman–Crippen LogP) is 4.15. The highest BCUT2D eigenvalue weighted by atomic mass is 35.5. The molecular weight excluding hydrogens is 226 g/mol. The van der Waals surface area contributed by atoms with E-state index in [9.17, 15) is 0 Å². The van der Waals surface area contributed by atoms with Gasteiger partial charge in [0.05, 0.1) is 4.34 Å². The molecule has 1 aliphatic rings. The van der Waals surface area contributed by atoms with Crippen LogP contribution >= 0.6 is 22.9 Å². The molecule has 3 atom stereocenters. The first-order valence-corrected chi connectivity index (χ1v) is 6.80. The van der Waals surface area contributed by atoms with E-state index in [2.05, 4.69) is 13.0 Å². The smallest absolute Gasteiger partial charge is 0.0960 e. The van der Waals surface area contributed by atoms with Gasteiger partial charge in [-0.15, -0.1) is 11.3 Å². The summed E-state index contributed by atoms with van der Waals surface area (Å²) in [6.07, 6.45) is 3.94. The summed E-state index contributed by atoms with van der Waals surface area (Å²) in [5, 5.41) is 0. The number of hydrogen-bond donors (Lipinski definition) is 1. The topological polar surface area (TPSA) is 26.0 Å². The van der Waals surface area contributed by atoms with Gasteiger partial charge in [0.25, 0.3) is 0 Å². The zero-order valence-corrected chi connectivity index (χ0v) is 10.9. The van der Waals surface area contributed by atoms with Gasteiger partial charge in [-0.25, -0.2) is 0 Å². The SMILES string of the molecule is Cc1cc(C(N)C2CCCC2C)sc1Cl. The number of aryl methyl sites for hydroxylation is 1. The summed E-state index contributed by atoms with van der Waals surface area (Å²) in [4.78, 5) is 1.26. The molecule has 3 unspecified atom stereocenters. The van der Waals surface area contributed by atoms with Gasteiger partial charge in [-0.3, -0.25) is 0 Å². The van der Waals surface area contributed by atoms with E-state index >= 15 is 0 Å². The Bertz CT molecular complexity index is 328. The van der Waals surface area contributed by atoms with Gasteiger partial charge in [-0.2, -0.15) is 0 Å². The summed E-state index contributed by atoms with van der Waals surface area (Å²) in [5.41, 5.74) is 7.49.